The molecule has 0 aliphatic carbocycles. The number of aromatic nitrogens is 3. The maximum Gasteiger partial charge on any atom is 0.0846 e. The molecular formula is C9H10Br2N4S. The Morgan fingerprint density at radius 3 is 2.81 bits per heavy atom. The van der Waals surface area contributed by atoms with Crippen LogP contribution in [0, 0.1) is 0 Å². The van der Waals surface area contributed by atoms with Crippen LogP contribution in [-0.4, -0.2) is 15.0 Å². The topological polar surface area (TPSA) is 56.7 Å². The Kier molecular flexibility index (Phi) is 3.78. The van der Waals surface area contributed by atoms with Gasteiger partial charge in [0.1, 0.15) is 0 Å². The molecule has 2 rings (SSSR count). The van der Waals surface area contributed by atoms with Gasteiger partial charge in [-0.3, -0.25) is 4.68 Å². The highest BCUT2D eigenvalue weighted by molar-refractivity contribution is 9.13. The summed E-state index contributed by atoms with van der Waals surface area (Å²) in [5.74, 6) is 0. The van der Waals surface area contributed by atoms with Crippen molar-refractivity contribution in [3.8, 4) is 0 Å². The third-order valence-corrected chi connectivity index (χ3v) is 5.50. The Labute approximate surface area is 114 Å². The summed E-state index contributed by atoms with van der Waals surface area (Å²) in [4.78, 5) is 1.13. The minimum atomic E-state index is -0.0377. The third kappa shape index (κ3) is 2.71. The average molecular weight is 366 g/mol. The number of thiophene rings is 1. The maximum absolute atomic E-state index is 6.11. The van der Waals surface area contributed by atoms with Crippen LogP contribution in [0.1, 0.15) is 16.6 Å². The minimum absolute atomic E-state index is 0.0377. The van der Waals surface area contributed by atoms with Crippen LogP contribution in [0.25, 0.3) is 0 Å². The van der Waals surface area contributed by atoms with Crippen molar-refractivity contribution in [3.63, 3.8) is 0 Å². The second-order valence-electron chi connectivity index (χ2n) is 3.46. The van der Waals surface area contributed by atoms with Crippen molar-refractivity contribution < 1.29 is 0 Å². The number of hydrogen-bond acceptors (Lipinski definition) is 4. The minimum Gasteiger partial charge on any atom is -0.323 e. The van der Waals surface area contributed by atoms with E-state index in [2.05, 4.69) is 42.2 Å². The maximum atomic E-state index is 6.11. The van der Waals surface area contributed by atoms with E-state index in [1.165, 1.54) is 0 Å². The van der Waals surface area contributed by atoms with E-state index in [1.807, 2.05) is 19.3 Å². The van der Waals surface area contributed by atoms with E-state index in [4.69, 9.17) is 5.73 Å². The summed E-state index contributed by atoms with van der Waals surface area (Å²) in [6, 6.07) is 2.00. The van der Waals surface area contributed by atoms with E-state index < -0.39 is 0 Å². The molecule has 0 radical (unpaired) electrons. The van der Waals surface area contributed by atoms with Crippen LogP contribution in [0.5, 0.6) is 0 Å². The Bertz CT molecular complexity index is 474. The first kappa shape index (κ1) is 12.2. The van der Waals surface area contributed by atoms with Crippen LogP contribution >= 0.6 is 43.2 Å². The van der Waals surface area contributed by atoms with Gasteiger partial charge in [0.05, 0.1) is 9.48 Å². The Morgan fingerprint density at radius 1 is 1.56 bits per heavy atom. The molecule has 2 aromatic heterocycles. The SMILES string of the molecule is Cn1cc(CC(N)c2cc(Br)c(Br)s2)nn1. The number of nitrogens with two attached hydrogens (primary N) is 1. The number of halogens is 2. The van der Waals surface area contributed by atoms with Crippen molar-refractivity contribution in [2.45, 2.75) is 12.5 Å². The molecule has 16 heavy (non-hydrogen) atoms. The summed E-state index contributed by atoms with van der Waals surface area (Å²) in [7, 11) is 1.85. The smallest absolute Gasteiger partial charge is 0.0846 e. The molecule has 0 bridgehead atoms. The molecule has 1 unspecified atom stereocenters. The average Bonchev–Trinajstić information content (AvgIpc) is 2.75. The van der Waals surface area contributed by atoms with Crippen LogP contribution in [0.15, 0.2) is 20.5 Å². The second kappa shape index (κ2) is 4.95. The predicted molar refractivity (Wildman–Crippen MR) is 71.4 cm³/mol. The van der Waals surface area contributed by atoms with E-state index in [1.54, 1.807) is 16.0 Å². The van der Waals surface area contributed by atoms with Crippen molar-refractivity contribution in [2.24, 2.45) is 12.8 Å². The molecular weight excluding hydrogens is 356 g/mol. The van der Waals surface area contributed by atoms with Gasteiger partial charge in [-0.2, -0.15) is 0 Å². The van der Waals surface area contributed by atoms with Gasteiger partial charge in [0.2, 0.25) is 0 Å². The Hall–Kier alpha value is -0.240. The van der Waals surface area contributed by atoms with Crippen molar-refractivity contribution in [3.05, 3.63) is 31.1 Å². The number of nitrogens with zero attached hydrogens (tertiary/aromatic N) is 3. The number of rotatable bonds is 3. The Morgan fingerprint density at radius 2 is 2.31 bits per heavy atom. The molecule has 0 saturated heterocycles. The van der Waals surface area contributed by atoms with Gasteiger partial charge >= 0.3 is 0 Å². The molecule has 86 valence electrons. The van der Waals surface area contributed by atoms with Gasteiger partial charge in [0.25, 0.3) is 0 Å². The summed E-state index contributed by atoms with van der Waals surface area (Å²) < 4.78 is 3.79. The van der Waals surface area contributed by atoms with E-state index in [0.29, 0.717) is 6.42 Å². The lowest BCUT2D eigenvalue weighted by Crippen LogP contribution is -2.12. The van der Waals surface area contributed by atoms with Crippen molar-refractivity contribution in [2.75, 3.05) is 0 Å². The molecule has 0 spiro atoms. The number of aryl methyl sites for hydroxylation is 1. The molecule has 0 aromatic carbocycles. The fourth-order valence-corrected chi connectivity index (χ4v) is 3.45. The van der Waals surface area contributed by atoms with Gasteiger partial charge in [-0.25, -0.2) is 0 Å². The summed E-state index contributed by atoms with van der Waals surface area (Å²) in [6.07, 6.45) is 2.59. The van der Waals surface area contributed by atoms with E-state index in [9.17, 15) is 0 Å². The lowest BCUT2D eigenvalue weighted by Gasteiger charge is -2.05. The van der Waals surface area contributed by atoms with Gasteiger partial charge in [-0.15, -0.1) is 16.4 Å². The van der Waals surface area contributed by atoms with Gasteiger partial charge in [-0.05, 0) is 37.9 Å². The largest absolute Gasteiger partial charge is 0.323 e. The predicted octanol–water partition coefficient (Wildman–Crippen LogP) is 2.64. The molecule has 2 N–H and O–H groups in total. The first-order valence-corrected chi connectivity index (χ1v) is 7.02. The zero-order chi connectivity index (χ0) is 11.7. The summed E-state index contributed by atoms with van der Waals surface area (Å²) in [5.41, 5.74) is 7.02. The molecule has 0 saturated carbocycles. The molecule has 0 fully saturated rings. The highest BCUT2D eigenvalue weighted by Gasteiger charge is 2.13. The normalized spacial score (nSPS) is 13.0. The molecule has 1 atom stereocenters. The van der Waals surface area contributed by atoms with Gasteiger partial charge in [0.15, 0.2) is 0 Å². The van der Waals surface area contributed by atoms with Crippen LogP contribution < -0.4 is 5.73 Å². The van der Waals surface area contributed by atoms with E-state index in [-0.39, 0.29) is 6.04 Å². The van der Waals surface area contributed by atoms with Crippen LogP contribution in [0.4, 0.5) is 0 Å². The first-order valence-electron chi connectivity index (χ1n) is 4.62. The molecule has 7 heteroatoms. The molecule has 0 amide bonds. The summed E-state index contributed by atoms with van der Waals surface area (Å²) in [5, 5.41) is 7.91. The standard InChI is InChI=1S/C9H10Br2N4S/c1-15-4-5(13-14-15)2-7(12)8-3-6(10)9(11)16-8/h3-4,7H,2,12H2,1H3. The third-order valence-electron chi connectivity index (χ3n) is 2.11. The number of hydrogen-bond donors (Lipinski definition) is 1. The zero-order valence-electron chi connectivity index (χ0n) is 8.52. The molecule has 0 aliphatic rings. The van der Waals surface area contributed by atoms with Gasteiger partial charge in [-0.1, -0.05) is 5.21 Å². The van der Waals surface area contributed by atoms with Crippen molar-refractivity contribution in [1.82, 2.24) is 15.0 Å². The molecule has 0 aliphatic heterocycles. The Balaban J connectivity index is 2.11. The van der Waals surface area contributed by atoms with Crippen LogP contribution in [0.2, 0.25) is 0 Å². The molecule has 2 heterocycles. The van der Waals surface area contributed by atoms with Crippen LogP contribution in [-0.2, 0) is 13.5 Å². The quantitative estimate of drug-likeness (QED) is 0.909. The van der Waals surface area contributed by atoms with Crippen molar-refractivity contribution >= 4 is 43.2 Å². The fraction of sp³-hybridized carbons (Fsp3) is 0.333. The van der Waals surface area contributed by atoms with Crippen molar-refractivity contribution in [1.29, 1.82) is 0 Å². The zero-order valence-corrected chi connectivity index (χ0v) is 12.5. The van der Waals surface area contributed by atoms with Gasteiger partial charge in [0, 0.05) is 35.1 Å². The lowest BCUT2D eigenvalue weighted by atomic mass is 10.1. The van der Waals surface area contributed by atoms with E-state index in [0.717, 1.165) is 18.8 Å². The lowest BCUT2D eigenvalue weighted by molar-refractivity contribution is 0.700. The fourth-order valence-electron chi connectivity index (χ4n) is 1.36. The molecule has 2 aromatic rings. The summed E-state index contributed by atoms with van der Waals surface area (Å²) in [6.45, 7) is 0. The molecule has 4 nitrogen and oxygen atoms in total. The van der Waals surface area contributed by atoms with E-state index >= 15 is 0 Å². The van der Waals surface area contributed by atoms with Crippen LogP contribution in [0.3, 0.4) is 0 Å². The second-order valence-corrected chi connectivity index (χ2v) is 6.72. The van der Waals surface area contributed by atoms with Gasteiger partial charge < -0.3 is 5.73 Å². The highest BCUT2D eigenvalue weighted by Crippen LogP contribution is 2.35. The monoisotopic (exact) mass is 364 g/mol. The highest BCUT2D eigenvalue weighted by atomic mass is 79.9. The first-order chi connectivity index (χ1) is 7.56. The summed E-state index contributed by atoms with van der Waals surface area (Å²) >= 11 is 8.55.